The Labute approximate surface area is 206 Å². The average molecular weight is 471 g/mol. The van der Waals surface area contributed by atoms with Crippen molar-refractivity contribution in [1.82, 2.24) is 9.71 Å². The lowest BCUT2D eigenvalue weighted by Gasteiger charge is -2.16. The number of nitrogens with zero attached hydrogens (tertiary/aromatic N) is 2. The molecule has 0 aliphatic rings. The molecule has 0 unspecified atom stereocenters. The van der Waals surface area contributed by atoms with Crippen molar-refractivity contribution in [2.75, 3.05) is 6.61 Å². The Morgan fingerprint density at radius 2 is 1.43 bits per heavy atom. The molecule has 0 fully saturated rings. The Bertz CT molecular complexity index is 1330. The van der Waals surface area contributed by atoms with E-state index in [0.29, 0.717) is 23.9 Å². The van der Waals surface area contributed by atoms with Gasteiger partial charge in [0.1, 0.15) is 19.0 Å². The Morgan fingerprint density at radius 1 is 0.829 bits per heavy atom. The molecule has 4 aromatic rings. The van der Waals surface area contributed by atoms with Crippen molar-refractivity contribution in [1.29, 1.82) is 0 Å². The number of carbonyl (C=O) groups is 1. The van der Waals surface area contributed by atoms with E-state index in [2.05, 4.69) is 13.0 Å². The predicted octanol–water partition coefficient (Wildman–Crippen LogP) is 5.86. The van der Waals surface area contributed by atoms with Crippen molar-refractivity contribution in [3.63, 3.8) is 0 Å². The lowest BCUT2D eigenvalue weighted by Crippen LogP contribution is -2.21. The van der Waals surface area contributed by atoms with E-state index in [1.807, 2.05) is 73.7 Å². The summed E-state index contributed by atoms with van der Waals surface area (Å²) in [5.74, 6) is 0.656. The number of esters is 1. The van der Waals surface area contributed by atoms with Gasteiger partial charge >= 0.3 is 5.97 Å². The molecule has 0 spiro atoms. The molecule has 6 nitrogen and oxygen atoms in total. The van der Waals surface area contributed by atoms with E-state index in [0.717, 1.165) is 27.8 Å². The molecule has 0 aliphatic carbocycles. The third-order valence-electron chi connectivity index (χ3n) is 5.86. The van der Waals surface area contributed by atoms with Crippen LogP contribution < -0.4 is 9.57 Å². The predicted molar refractivity (Wildman–Crippen MR) is 135 cm³/mol. The molecule has 0 amide bonds. The zero-order valence-corrected chi connectivity index (χ0v) is 20.6. The lowest BCUT2D eigenvalue weighted by atomic mass is 10.1. The fourth-order valence-electron chi connectivity index (χ4n) is 3.85. The summed E-state index contributed by atoms with van der Waals surface area (Å²) in [6.07, 6.45) is 0. The van der Waals surface area contributed by atoms with E-state index in [-0.39, 0.29) is 18.9 Å². The molecule has 0 N–H and O–H groups in total. The summed E-state index contributed by atoms with van der Waals surface area (Å²) >= 11 is 0. The molecule has 0 aliphatic heterocycles. The maximum Gasteiger partial charge on any atom is 0.360 e. The highest BCUT2D eigenvalue weighted by Crippen LogP contribution is 2.31. The first-order chi connectivity index (χ1) is 17.0. The van der Waals surface area contributed by atoms with Crippen LogP contribution in [0.25, 0.3) is 11.4 Å². The van der Waals surface area contributed by atoms with Gasteiger partial charge in [-0.3, -0.25) is 0 Å². The van der Waals surface area contributed by atoms with Crippen LogP contribution in [-0.4, -0.2) is 22.3 Å². The number of aromatic nitrogens is 2. The summed E-state index contributed by atoms with van der Waals surface area (Å²) in [5.41, 5.74) is 5.90. The first-order valence-electron chi connectivity index (χ1n) is 11.7. The molecular weight excluding hydrogens is 440 g/mol. The number of carbonyl (C=O) groups excluding carboxylic acids is 1. The molecule has 35 heavy (non-hydrogen) atoms. The van der Waals surface area contributed by atoms with Crippen LogP contribution in [0.2, 0.25) is 0 Å². The fourth-order valence-corrected chi connectivity index (χ4v) is 3.85. The smallest absolute Gasteiger partial charge is 0.360 e. The SMILES string of the molecule is CCOC(=O)c1c(C)nc(-c2ccccc2OCc2ccccc2C)n1OCc1ccccc1C. The summed E-state index contributed by atoms with van der Waals surface area (Å²) in [6.45, 7) is 8.59. The van der Waals surface area contributed by atoms with E-state index >= 15 is 0 Å². The highest BCUT2D eigenvalue weighted by molar-refractivity contribution is 5.90. The summed E-state index contributed by atoms with van der Waals surface area (Å²) in [4.78, 5) is 23.8. The third-order valence-corrected chi connectivity index (χ3v) is 5.86. The summed E-state index contributed by atoms with van der Waals surface area (Å²) in [6, 6.07) is 23.7. The van der Waals surface area contributed by atoms with E-state index in [1.165, 1.54) is 4.73 Å². The number of aryl methyl sites for hydroxylation is 3. The number of ether oxygens (including phenoxy) is 2. The van der Waals surface area contributed by atoms with Gasteiger partial charge in [-0.15, -0.1) is 0 Å². The molecule has 1 aromatic heterocycles. The molecule has 0 saturated heterocycles. The normalized spacial score (nSPS) is 10.7. The first kappa shape index (κ1) is 24.1. The number of hydrogen-bond acceptors (Lipinski definition) is 5. The van der Waals surface area contributed by atoms with Gasteiger partial charge in [0.15, 0.2) is 11.5 Å². The van der Waals surface area contributed by atoms with Crippen LogP contribution in [0.15, 0.2) is 72.8 Å². The van der Waals surface area contributed by atoms with Crippen LogP contribution in [-0.2, 0) is 18.0 Å². The molecule has 6 heteroatoms. The highest BCUT2D eigenvalue weighted by Gasteiger charge is 2.26. The number of rotatable bonds is 9. The molecular formula is C29H30N2O4. The molecule has 180 valence electrons. The number of hydrogen-bond donors (Lipinski definition) is 0. The monoisotopic (exact) mass is 470 g/mol. The van der Waals surface area contributed by atoms with Crippen LogP contribution in [0.3, 0.4) is 0 Å². The van der Waals surface area contributed by atoms with E-state index in [4.69, 9.17) is 19.3 Å². The molecule has 4 rings (SSSR count). The van der Waals surface area contributed by atoms with Gasteiger partial charge in [-0.1, -0.05) is 60.7 Å². The standard InChI is InChI=1S/C29H30N2O4/c1-5-33-29(32)27-22(4)30-28(31(27)35-19-24-15-9-7-13-21(24)3)25-16-10-11-17-26(25)34-18-23-14-8-6-12-20(23)2/h6-17H,5,18-19H2,1-4H3. The topological polar surface area (TPSA) is 62.6 Å². The zero-order valence-electron chi connectivity index (χ0n) is 20.6. The molecule has 0 saturated carbocycles. The van der Waals surface area contributed by atoms with Crippen molar-refractivity contribution >= 4 is 5.97 Å². The second-order valence-corrected chi connectivity index (χ2v) is 8.30. The average Bonchev–Trinajstić information content (AvgIpc) is 3.19. The van der Waals surface area contributed by atoms with Gasteiger partial charge in [0.05, 0.1) is 17.9 Å². The fraction of sp³-hybridized carbons (Fsp3) is 0.241. The largest absolute Gasteiger partial charge is 0.488 e. The van der Waals surface area contributed by atoms with Gasteiger partial charge in [0, 0.05) is 0 Å². The Kier molecular flexibility index (Phi) is 7.51. The second kappa shape index (κ2) is 10.9. The molecule has 0 atom stereocenters. The third kappa shape index (κ3) is 5.38. The van der Waals surface area contributed by atoms with E-state index in [9.17, 15) is 4.79 Å². The van der Waals surface area contributed by atoms with Crippen molar-refractivity contribution < 1.29 is 19.1 Å². The zero-order chi connectivity index (χ0) is 24.8. The number of imidazole rings is 1. The van der Waals surface area contributed by atoms with Crippen LogP contribution >= 0.6 is 0 Å². The Morgan fingerprint density at radius 3 is 2.09 bits per heavy atom. The second-order valence-electron chi connectivity index (χ2n) is 8.30. The first-order valence-corrected chi connectivity index (χ1v) is 11.7. The minimum atomic E-state index is -0.480. The Hall–Kier alpha value is -4.06. The van der Waals surface area contributed by atoms with E-state index < -0.39 is 5.97 Å². The van der Waals surface area contributed by atoms with Crippen molar-refractivity contribution in [3.05, 3.63) is 106 Å². The highest BCUT2D eigenvalue weighted by atomic mass is 16.7. The maximum absolute atomic E-state index is 12.8. The quantitative estimate of drug-likeness (QED) is 0.287. The minimum absolute atomic E-state index is 0.257. The lowest BCUT2D eigenvalue weighted by molar-refractivity contribution is 0.0425. The van der Waals surface area contributed by atoms with E-state index in [1.54, 1.807) is 13.8 Å². The van der Waals surface area contributed by atoms with Gasteiger partial charge in [0.25, 0.3) is 0 Å². The van der Waals surface area contributed by atoms with Gasteiger partial charge < -0.3 is 14.3 Å². The van der Waals surface area contributed by atoms with Crippen molar-refractivity contribution in [2.24, 2.45) is 0 Å². The summed E-state index contributed by atoms with van der Waals surface area (Å²) in [5, 5.41) is 0. The van der Waals surface area contributed by atoms with Gasteiger partial charge in [-0.05, 0) is 62.1 Å². The summed E-state index contributed by atoms with van der Waals surface area (Å²) < 4.78 is 13.0. The van der Waals surface area contributed by atoms with Crippen LogP contribution in [0, 0.1) is 20.8 Å². The van der Waals surface area contributed by atoms with Crippen LogP contribution in [0.4, 0.5) is 0 Å². The molecule has 0 bridgehead atoms. The molecule has 1 heterocycles. The molecule has 3 aromatic carbocycles. The van der Waals surface area contributed by atoms with Crippen molar-refractivity contribution in [3.8, 4) is 17.1 Å². The maximum atomic E-state index is 12.8. The van der Waals surface area contributed by atoms with Crippen molar-refractivity contribution in [2.45, 2.75) is 40.9 Å². The summed E-state index contributed by atoms with van der Waals surface area (Å²) in [7, 11) is 0. The van der Waals surface area contributed by atoms with Gasteiger partial charge in [-0.2, -0.15) is 4.73 Å². The molecule has 0 radical (unpaired) electrons. The number of benzene rings is 3. The van der Waals surface area contributed by atoms with Gasteiger partial charge in [-0.25, -0.2) is 9.78 Å². The van der Waals surface area contributed by atoms with Crippen LogP contribution in [0.5, 0.6) is 5.75 Å². The Balaban J connectivity index is 1.72. The number of para-hydroxylation sites is 1. The van der Waals surface area contributed by atoms with Crippen LogP contribution in [0.1, 0.15) is 45.4 Å². The minimum Gasteiger partial charge on any atom is -0.488 e. The van der Waals surface area contributed by atoms with Gasteiger partial charge in [0.2, 0.25) is 0 Å².